The standard InChI is InChI=1S/C14H20N2O2S2/c1-2-15-14(19)16(10-12-6-4-3-5-7-12)13-8-9-20(17,18)11-13/h3-7,13H,2,8-11H2,1H3,(H,15,19)/t13-/m0/s1. The monoisotopic (exact) mass is 312 g/mol. The van der Waals surface area contributed by atoms with Crippen LogP contribution in [0.5, 0.6) is 0 Å². The molecule has 1 N–H and O–H groups in total. The predicted molar refractivity (Wildman–Crippen MR) is 85.3 cm³/mol. The number of hydrogen-bond acceptors (Lipinski definition) is 3. The molecule has 1 atom stereocenters. The van der Waals surface area contributed by atoms with E-state index in [9.17, 15) is 8.42 Å². The Kier molecular flexibility index (Phi) is 4.99. The fraction of sp³-hybridized carbons (Fsp3) is 0.500. The number of thiocarbonyl (C=S) groups is 1. The van der Waals surface area contributed by atoms with Crippen LogP contribution in [0.2, 0.25) is 0 Å². The number of nitrogens with zero attached hydrogens (tertiary/aromatic N) is 1. The van der Waals surface area contributed by atoms with Gasteiger partial charge in [-0.3, -0.25) is 0 Å². The first kappa shape index (κ1) is 15.3. The van der Waals surface area contributed by atoms with Gasteiger partial charge in [-0.25, -0.2) is 8.42 Å². The van der Waals surface area contributed by atoms with Crippen LogP contribution < -0.4 is 5.32 Å². The summed E-state index contributed by atoms with van der Waals surface area (Å²) in [6.45, 7) is 3.37. The second-order valence-electron chi connectivity index (χ2n) is 5.01. The maximum absolute atomic E-state index is 11.7. The lowest BCUT2D eigenvalue weighted by atomic mass is 10.1. The summed E-state index contributed by atoms with van der Waals surface area (Å²) < 4.78 is 23.4. The van der Waals surface area contributed by atoms with Gasteiger partial charge in [0.2, 0.25) is 0 Å². The summed E-state index contributed by atoms with van der Waals surface area (Å²) in [7, 11) is -2.91. The number of benzene rings is 1. The van der Waals surface area contributed by atoms with Crippen molar-refractivity contribution in [3.63, 3.8) is 0 Å². The van der Waals surface area contributed by atoms with E-state index >= 15 is 0 Å². The van der Waals surface area contributed by atoms with E-state index < -0.39 is 9.84 Å². The molecule has 1 saturated heterocycles. The molecule has 0 unspecified atom stereocenters. The summed E-state index contributed by atoms with van der Waals surface area (Å²) in [6.07, 6.45) is 0.653. The van der Waals surface area contributed by atoms with Crippen LogP contribution in [0.25, 0.3) is 0 Å². The lowest BCUT2D eigenvalue weighted by Crippen LogP contribution is -2.46. The molecule has 0 saturated carbocycles. The highest BCUT2D eigenvalue weighted by molar-refractivity contribution is 7.91. The fourth-order valence-corrected chi connectivity index (χ4v) is 4.51. The number of rotatable bonds is 4. The number of sulfone groups is 1. The zero-order valence-electron chi connectivity index (χ0n) is 11.6. The average Bonchev–Trinajstić information content (AvgIpc) is 2.77. The van der Waals surface area contributed by atoms with Crippen molar-refractivity contribution >= 4 is 27.2 Å². The van der Waals surface area contributed by atoms with Gasteiger partial charge in [0.25, 0.3) is 0 Å². The van der Waals surface area contributed by atoms with Gasteiger partial charge in [-0.05, 0) is 31.1 Å². The van der Waals surface area contributed by atoms with Crippen LogP contribution in [0.3, 0.4) is 0 Å². The molecule has 0 spiro atoms. The van der Waals surface area contributed by atoms with Crippen molar-refractivity contribution in [2.45, 2.75) is 25.9 Å². The fourth-order valence-electron chi connectivity index (χ4n) is 2.42. The van der Waals surface area contributed by atoms with Crippen molar-refractivity contribution in [2.24, 2.45) is 0 Å². The largest absolute Gasteiger partial charge is 0.363 e. The van der Waals surface area contributed by atoms with E-state index in [-0.39, 0.29) is 17.5 Å². The molecule has 1 aromatic carbocycles. The Hall–Kier alpha value is -1.14. The molecular formula is C14H20N2O2S2. The van der Waals surface area contributed by atoms with Crippen LogP contribution in [0.4, 0.5) is 0 Å². The molecule has 2 rings (SSSR count). The highest BCUT2D eigenvalue weighted by atomic mass is 32.2. The van der Waals surface area contributed by atoms with E-state index in [0.29, 0.717) is 18.1 Å². The van der Waals surface area contributed by atoms with Gasteiger partial charge in [0.05, 0.1) is 11.5 Å². The van der Waals surface area contributed by atoms with E-state index in [2.05, 4.69) is 5.32 Å². The molecule has 0 aromatic heterocycles. The van der Waals surface area contributed by atoms with Crippen LogP contribution >= 0.6 is 12.2 Å². The third kappa shape index (κ3) is 3.93. The summed E-state index contributed by atoms with van der Waals surface area (Å²) in [5.74, 6) is 0.461. The van der Waals surface area contributed by atoms with Crippen molar-refractivity contribution in [1.29, 1.82) is 0 Å². The molecule has 1 aliphatic rings. The predicted octanol–water partition coefficient (Wildman–Crippen LogP) is 1.57. The van der Waals surface area contributed by atoms with E-state index in [1.165, 1.54) is 0 Å². The van der Waals surface area contributed by atoms with Gasteiger partial charge in [-0.15, -0.1) is 0 Å². The van der Waals surface area contributed by atoms with Gasteiger partial charge in [-0.2, -0.15) is 0 Å². The molecule has 0 amide bonds. The number of hydrogen-bond donors (Lipinski definition) is 1. The molecule has 1 fully saturated rings. The lowest BCUT2D eigenvalue weighted by Gasteiger charge is -2.31. The maximum atomic E-state index is 11.7. The Labute approximate surface area is 126 Å². The van der Waals surface area contributed by atoms with Crippen molar-refractivity contribution in [2.75, 3.05) is 18.1 Å². The van der Waals surface area contributed by atoms with Gasteiger partial charge in [-0.1, -0.05) is 30.3 Å². The van der Waals surface area contributed by atoms with Crippen LogP contribution in [-0.2, 0) is 16.4 Å². The molecule has 1 aliphatic heterocycles. The Balaban J connectivity index is 2.15. The van der Waals surface area contributed by atoms with E-state index in [4.69, 9.17) is 12.2 Å². The molecule has 0 radical (unpaired) electrons. The Morgan fingerprint density at radius 1 is 1.40 bits per heavy atom. The quantitative estimate of drug-likeness (QED) is 0.855. The minimum Gasteiger partial charge on any atom is -0.363 e. The Morgan fingerprint density at radius 2 is 2.10 bits per heavy atom. The highest BCUT2D eigenvalue weighted by Crippen LogP contribution is 2.20. The molecule has 20 heavy (non-hydrogen) atoms. The first-order valence-electron chi connectivity index (χ1n) is 6.80. The molecule has 0 aliphatic carbocycles. The summed E-state index contributed by atoms with van der Waals surface area (Å²) in [4.78, 5) is 2.01. The SMILES string of the molecule is CCNC(=S)N(Cc1ccccc1)[C@H]1CCS(=O)(=O)C1. The summed E-state index contributed by atoms with van der Waals surface area (Å²) >= 11 is 5.41. The minimum atomic E-state index is -2.91. The van der Waals surface area contributed by atoms with Gasteiger partial charge in [0.15, 0.2) is 14.9 Å². The molecule has 110 valence electrons. The van der Waals surface area contributed by atoms with Crippen molar-refractivity contribution in [1.82, 2.24) is 10.2 Å². The van der Waals surface area contributed by atoms with Gasteiger partial charge in [0, 0.05) is 19.1 Å². The minimum absolute atomic E-state index is 0.0215. The average molecular weight is 312 g/mol. The smallest absolute Gasteiger partial charge is 0.169 e. The van der Waals surface area contributed by atoms with Crippen molar-refractivity contribution in [3.8, 4) is 0 Å². The zero-order chi connectivity index (χ0) is 14.6. The first-order chi connectivity index (χ1) is 9.52. The van der Waals surface area contributed by atoms with Gasteiger partial charge in [0.1, 0.15) is 0 Å². The molecule has 6 heteroatoms. The van der Waals surface area contributed by atoms with Crippen LogP contribution in [-0.4, -0.2) is 42.5 Å². The second kappa shape index (κ2) is 6.54. The van der Waals surface area contributed by atoms with Crippen LogP contribution in [0.15, 0.2) is 30.3 Å². The van der Waals surface area contributed by atoms with Crippen molar-refractivity contribution < 1.29 is 8.42 Å². The van der Waals surface area contributed by atoms with Crippen LogP contribution in [0.1, 0.15) is 18.9 Å². The van der Waals surface area contributed by atoms with Crippen molar-refractivity contribution in [3.05, 3.63) is 35.9 Å². The first-order valence-corrected chi connectivity index (χ1v) is 9.03. The topological polar surface area (TPSA) is 49.4 Å². The van der Waals surface area contributed by atoms with E-state index in [1.54, 1.807) is 0 Å². The molecular weight excluding hydrogens is 292 g/mol. The number of nitrogens with one attached hydrogen (secondary N) is 1. The summed E-state index contributed by atoms with van der Waals surface area (Å²) in [5.41, 5.74) is 1.14. The third-order valence-electron chi connectivity index (χ3n) is 3.43. The summed E-state index contributed by atoms with van der Waals surface area (Å²) in [5, 5.41) is 3.77. The Morgan fingerprint density at radius 3 is 2.65 bits per heavy atom. The Bertz CT molecular complexity index is 558. The third-order valence-corrected chi connectivity index (χ3v) is 5.56. The normalized spacial score (nSPS) is 20.6. The highest BCUT2D eigenvalue weighted by Gasteiger charge is 2.33. The van der Waals surface area contributed by atoms with Gasteiger partial charge >= 0.3 is 0 Å². The lowest BCUT2D eigenvalue weighted by molar-refractivity contribution is 0.323. The molecule has 1 aromatic rings. The van der Waals surface area contributed by atoms with Crippen LogP contribution in [0, 0.1) is 0 Å². The second-order valence-corrected chi connectivity index (χ2v) is 7.62. The van der Waals surface area contributed by atoms with Gasteiger partial charge < -0.3 is 10.2 Å². The molecule has 0 bridgehead atoms. The molecule has 4 nitrogen and oxygen atoms in total. The van der Waals surface area contributed by atoms with E-state index in [1.807, 2.05) is 42.2 Å². The molecule has 1 heterocycles. The summed E-state index contributed by atoms with van der Waals surface area (Å²) in [6, 6.07) is 9.98. The maximum Gasteiger partial charge on any atom is 0.169 e. The zero-order valence-corrected chi connectivity index (χ0v) is 13.2. The van der Waals surface area contributed by atoms with E-state index in [0.717, 1.165) is 12.1 Å².